The number of anilines is 1. The molecular weight excluding hydrogens is 309 g/mol. The molecule has 0 spiro atoms. The fourth-order valence-corrected chi connectivity index (χ4v) is 4.47. The van der Waals surface area contributed by atoms with Crippen LogP contribution in [0.3, 0.4) is 0 Å². The summed E-state index contributed by atoms with van der Waals surface area (Å²) < 4.78 is 0. The number of allylic oxidation sites excluding steroid dienone is 2. The van der Waals surface area contributed by atoms with Crippen LogP contribution in [-0.4, -0.2) is 11.8 Å². The van der Waals surface area contributed by atoms with Crippen LogP contribution in [0.1, 0.15) is 13.3 Å². The molecule has 2 aliphatic carbocycles. The van der Waals surface area contributed by atoms with Gasteiger partial charge in [0, 0.05) is 0 Å². The summed E-state index contributed by atoms with van der Waals surface area (Å²) >= 11 is 11.9. The fourth-order valence-electron chi connectivity index (χ4n) is 4.17. The zero-order valence-corrected chi connectivity index (χ0v) is 12.9. The molecule has 5 heteroatoms. The van der Waals surface area contributed by atoms with Crippen LogP contribution in [0.15, 0.2) is 30.4 Å². The topological polar surface area (TPSA) is 37.4 Å². The van der Waals surface area contributed by atoms with E-state index in [-0.39, 0.29) is 29.6 Å². The molecule has 0 radical (unpaired) electrons. The highest BCUT2D eigenvalue weighted by molar-refractivity contribution is 6.42. The number of benzene rings is 1. The van der Waals surface area contributed by atoms with Crippen molar-refractivity contribution >= 4 is 40.7 Å². The molecule has 1 heterocycles. The third kappa shape index (κ3) is 1.51. The summed E-state index contributed by atoms with van der Waals surface area (Å²) in [7, 11) is 0. The van der Waals surface area contributed by atoms with Gasteiger partial charge in [0.1, 0.15) is 0 Å². The Morgan fingerprint density at radius 1 is 1.19 bits per heavy atom. The smallest absolute Gasteiger partial charge is 0.241 e. The predicted octanol–water partition coefficient (Wildman–Crippen LogP) is 3.70. The van der Waals surface area contributed by atoms with Crippen LogP contribution in [0.5, 0.6) is 0 Å². The summed E-state index contributed by atoms with van der Waals surface area (Å²) in [5.41, 5.74) is -0.0998. The molecule has 2 bridgehead atoms. The van der Waals surface area contributed by atoms with Crippen molar-refractivity contribution in [1.82, 2.24) is 0 Å². The van der Waals surface area contributed by atoms with Crippen LogP contribution in [-0.2, 0) is 9.59 Å². The maximum absolute atomic E-state index is 12.9. The third-order valence-corrected chi connectivity index (χ3v) is 6.01. The number of halogens is 2. The molecule has 21 heavy (non-hydrogen) atoms. The van der Waals surface area contributed by atoms with E-state index in [0.29, 0.717) is 15.7 Å². The number of imide groups is 1. The molecule has 1 saturated heterocycles. The van der Waals surface area contributed by atoms with E-state index in [2.05, 4.69) is 12.2 Å². The van der Waals surface area contributed by atoms with E-state index in [1.165, 1.54) is 4.90 Å². The number of hydrogen-bond acceptors (Lipinski definition) is 2. The number of nitrogens with zero attached hydrogens (tertiary/aromatic N) is 1. The molecule has 4 atom stereocenters. The van der Waals surface area contributed by atoms with Gasteiger partial charge in [-0.25, -0.2) is 4.90 Å². The average molecular weight is 322 g/mol. The normalized spacial score (nSPS) is 36.7. The molecule has 1 aromatic carbocycles. The zero-order valence-electron chi connectivity index (χ0n) is 11.3. The lowest BCUT2D eigenvalue weighted by molar-refractivity contribution is -0.127. The fraction of sp³-hybridized carbons (Fsp3) is 0.375. The first-order valence-electron chi connectivity index (χ1n) is 6.96. The maximum atomic E-state index is 12.9. The minimum atomic E-state index is -0.609. The number of hydrogen-bond donors (Lipinski definition) is 0. The molecule has 1 aromatic rings. The van der Waals surface area contributed by atoms with Crippen LogP contribution < -0.4 is 4.90 Å². The standard InChI is InChI=1S/C16H13Cl2NO2/c1-16-9-3-2-8(6-9)13(16)14(20)19(15(16)21)10-4-5-11(17)12(18)7-10/h2-5,7-9,13H,6H2,1H3. The van der Waals surface area contributed by atoms with Crippen molar-refractivity contribution in [1.29, 1.82) is 0 Å². The van der Waals surface area contributed by atoms with Gasteiger partial charge in [0.15, 0.2) is 0 Å². The number of amides is 2. The summed E-state index contributed by atoms with van der Waals surface area (Å²) in [6.07, 6.45) is 5.08. The first-order valence-corrected chi connectivity index (χ1v) is 7.72. The SMILES string of the molecule is CC12C(=O)N(c3ccc(Cl)c(Cl)c3)C(=O)C1C1C=CC2C1. The monoisotopic (exact) mass is 321 g/mol. The first-order chi connectivity index (χ1) is 9.94. The van der Waals surface area contributed by atoms with E-state index in [1.54, 1.807) is 18.2 Å². The number of fused-ring (bicyclic) bond motifs is 5. The largest absolute Gasteiger partial charge is 0.274 e. The summed E-state index contributed by atoms with van der Waals surface area (Å²) in [5.74, 6) is -0.124. The van der Waals surface area contributed by atoms with E-state index in [1.807, 2.05) is 6.92 Å². The van der Waals surface area contributed by atoms with E-state index in [9.17, 15) is 9.59 Å². The minimum absolute atomic E-state index is 0.113. The van der Waals surface area contributed by atoms with Crippen molar-refractivity contribution in [2.75, 3.05) is 4.90 Å². The first kappa shape index (κ1) is 13.4. The molecule has 4 rings (SSSR count). The molecule has 4 unspecified atom stereocenters. The lowest BCUT2D eigenvalue weighted by atomic mass is 9.71. The van der Waals surface area contributed by atoms with Crippen LogP contribution in [0.2, 0.25) is 10.0 Å². The van der Waals surface area contributed by atoms with Crippen LogP contribution in [0, 0.1) is 23.2 Å². The summed E-state index contributed by atoms with van der Waals surface area (Å²) in [4.78, 5) is 27.0. The Morgan fingerprint density at radius 3 is 2.62 bits per heavy atom. The van der Waals surface area contributed by atoms with Crippen LogP contribution in [0.25, 0.3) is 0 Å². The van der Waals surface area contributed by atoms with Gasteiger partial charge < -0.3 is 0 Å². The minimum Gasteiger partial charge on any atom is -0.274 e. The van der Waals surface area contributed by atoms with Gasteiger partial charge in [-0.15, -0.1) is 0 Å². The zero-order chi connectivity index (χ0) is 14.9. The second-order valence-corrected chi connectivity index (χ2v) is 7.04. The second-order valence-electron chi connectivity index (χ2n) is 6.23. The Hall–Kier alpha value is -1.32. The van der Waals surface area contributed by atoms with Gasteiger partial charge in [-0.3, -0.25) is 9.59 Å². The van der Waals surface area contributed by atoms with Gasteiger partial charge in [0.2, 0.25) is 11.8 Å². The van der Waals surface area contributed by atoms with Crippen molar-refractivity contribution in [2.45, 2.75) is 13.3 Å². The second kappa shape index (κ2) is 4.11. The van der Waals surface area contributed by atoms with Gasteiger partial charge in [-0.2, -0.15) is 0 Å². The van der Waals surface area contributed by atoms with Gasteiger partial charge in [-0.05, 0) is 43.4 Å². The van der Waals surface area contributed by atoms with E-state index in [0.717, 1.165) is 6.42 Å². The van der Waals surface area contributed by atoms with Gasteiger partial charge in [0.05, 0.1) is 27.1 Å². The molecule has 0 N–H and O–H groups in total. The van der Waals surface area contributed by atoms with Gasteiger partial charge in [-0.1, -0.05) is 35.4 Å². The number of carbonyl (C=O) groups is 2. The lowest BCUT2D eigenvalue weighted by Crippen LogP contribution is -2.37. The highest BCUT2D eigenvalue weighted by Crippen LogP contribution is 2.60. The van der Waals surface area contributed by atoms with E-state index in [4.69, 9.17) is 23.2 Å². The van der Waals surface area contributed by atoms with Crippen molar-refractivity contribution < 1.29 is 9.59 Å². The van der Waals surface area contributed by atoms with Crippen molar-refractivity contribution in [3.63, 3.8) is 0 Å². The quantitative estimate of drug-likeness (QED) is 0.584. The molecule has 1 saturated carbocycles. The lowest BCUT2D eigenvalue weighted by Gasteiger charge is -2.28. The molecule has 3 aliphatic rings. The summed E-state index contributed by atoms with van der Waals surface area (Å²) in [5, 5.41) is 0.755. The van der Waals surface area contributed by atoms with Crippen molar-refractivity contribution in [3.05, 3.63) is 40.4 Å². The summed E-state index contributed by atoms with van der Waals surface area (Å²) in [6.45, 7) is 1.92. The van der Waals surface area contributed by atoms with Crippen LogP contribution in [0.4, 0.5) is 5.69 Å². The molecule has 3 nitrogen and oxygen atoms in total. The predicted molar refractivity (Wildman–Crippen MR) is 81.3 cm³/mol. The summed E-state index contributed by atoms with van der Waals surface area (Å²) in [6, 6.07) is 4.87. The molecule has 0 aromatic heterocycles. The Bertz CT molecular complexity index is 714. The Morgan fingerprint density at radius 2 is 1.95 bits per heavy atom. The van der Waals surface area contributed by atoms with E-state index >= 15 is 0 Å². The molecule has 108 valence electrons. The van der Waals surface area contributed by atoms with Crippen molar-refractivity contribution in [2.24, 2.45) is 23.2 Å². The Kier molecular flexibility index (Phi) is 2.61. The number of carbonyl (C=O) groups excluding carboxylic acids is 2. The Labute approximate surface area is 132 Å². The highest BCUT2D eigenvalue weighted by Gasteiger charge is 2.67. The third-order valence-electron chi connectivity index (χ3n) is 5.27. The van der Waals surface area contributed by atoms with Gasteiger partial charge >= 0.3 is 0 Å². The number of rotatable bonds is 1. The average Bonchev–Trinajstić information content (AvgIpc) is 3.07. The molecule has 2 amide bonds. The molecule has 2 fully saturated rings. The van der Waals surface area contributed by atoms with Crippen molar-refractivity contribution in [3.8, 4) is 0 Å². The molecule has 1 aliphatic heterocycles. The van der Waals surface area contributed by atoms with E-state index < -0.39 is 5.41 Å². The highest BCUT2D eigenvalue weighted by atomic mass is 35.5. The maximum Gasteiger partial charge on any atom is 0.241 e. The van der Waals surface area contributed by atoms with Gasteiger partial charge in [0.25, 0.3) is 0 Å². The Balaban J connectivity index is 1.81. The molecular formula is C16H13Cl2NO2. The van der Waals surface area contributed by atoms with Crippen LogP contribution >= 0.6 is 23.2 Å².